The summed E-state index contributed by atoms with van der Waals surface area (Å²) in [5.41, 5.74) is 3.42. The van der Waals surface area contributed by atoms with Crippen LogP contribution in [0.2, 0.25) is 0 Å². The number of hydrogen-bond donors (Lipinski definition) is 2. The van der Waals surface area contributed by atoms with Gasteiger partial charge < -0.3 is 15.2 Å². The van der Waals surface area contributed by atoms with E-state index in [4.69, 9.17) is 0 Å². The number of benzene rings is 2. The van der Waals surface area contributed by atoms with E-state index in [1.54, 1.807) is 6.08 Å². The van der Waals surface area contributed by atoms with Crippen LogP contribution in [0.5, 0.6) is 0 Å². The standard InChI is InChI=1S/C26H30BrN5O2S/c1-6-13-32-24(23(16(2)3)29-25(34)19-9-7-17(4)8-10-19)30-31-26(32)35-15-22(33)28-21-12-11-20(27)14-18(21)5/h6-12,14,16,23H,1,13,15H2,2-5H3,(H,28,33)(H,29,34)/t23-/m1/s1. The Morgan fingerprint density at radius 2 is 1.86 bits per heavy atom. The van der Waals surface area contributed by atoms with Crippen LogP contribution in [0.15, 0.2) is 64.7 Å². The first-order chi connectivity index (χ1) is 16.7. The molecule has 3 aromatic rings. The molecule has 0 aliphatic heterocycles. The highest BCUT2D eigenvalue weighted by atomic mass is 79.9. The number of nitrogens with zero attached hydrogens (tertiary/aromatic N) is 3. The van der Waals surface area contributed by atoms with Gasteiger partial charge in [0.25, 0.3) is 5.91 Å². The maximum atomic E-state index is 12.9. The number of hydrogen-bond acceptors (Lipinski definition) is 5. The molecule has 3 rings (SSSR count). The van der Waals surface area contributed by atoms with Crippen molar-refractivity contribution in [3.05, 3.63) is 82.1 Å². The Morgan fingerprint density at radius 1 is 1.14 bits per heavy atom. The van der Waals surface area contributed by atoms with Crippen molar-refractivity contribution in [2.24, 2.45) is 5.92 Å². The molecule has 0 fully saturated rings. The number of amides is 2. The number of allylic oxidation sites excluding steroid dienone is 1. The summed E-state index contributed by atoms with van der Waals surface area (Å²) >= 11 is 4.73. The number of carbonyl (C=O) groups is 2. The van der Waals surface area contributed by atoms with E-state index < -0.39 is 0 Å². The van der Waals surface area contributed by atoms with Crippen molar-refractivity contribution >= 4 is 45.2 Å². The summed E-state index contributed by atoms with van der Waals surface area (Å²) in [5.74, 6) is 0.566. The highest BCUT2D eigenvalue weighted by Gasteiger charge is 2.26. The van der Waals surface area contributed by atoms with Gasteiger partial charge in [-0.1, -0.05) is 65.3 Å². The number of aromatic nitrogens is 3. The molecular formula is C26H30BrN5O2S. The van der Waals surface area contributed by atoms with Crippen LogP contribution in [0.25, 0.3) is 0 Å². The monoisotopic (exact) mass is 555 g/mol. The summed E-state index contributed by atoms with van der Waals surface area (Å²) in [6.45, 7) is 12.3. The Kier molecular flexibility index (Phi) is 9.28. The first-order valence-electron chi connectivity index (χ1n) is 11.3. The summed E-state index contributed by atoms with van der Waals surface area (Å²) in [6, 6.07) is 12.8. The van der Waals surface area contributed by atoms with Gasteiger partial charge >= 0.3 is 0 Å². The molecule has 0 aliphatic carbocycles. The van der Waals surface area contributed by atoms with E-state index in [9.17, 15) is 9.59 Å². The van der Waals surface area contributed by atoms with Crippen molar-refractivity contribution in [2.75, 3.05) is 11.1 Å². The van der Waals surface area contributed by atoms with Gasteiger partial charge in [-0.05, 0) is 55.7 Å². The Labute approximate surface area is 218 Å². The van der Waals surface area contributed by atoms with Gasteiger partial charge in [-0.25, -0.2) is 0 Å². The average molecular weight is 557 g/mol. The molecule has 1 heterocycles. The Balaban J connectivity index is 1.75. The molecule has 2 N–H and O–H groups in total. The molecule has 2 aromatic carbocycles. The second-order valence-electron chi connectivity index (χ2n) is 8.60. The van der Waals surface area contributed by atoms with Gasteiger partial charge in [0.2, 0.25) is 5.91 Å². The fourth-order valence-corrected chi connectivity index (χ4v) is 4.71. The van der Waals surface area contributed by atoms with Crippen LogP contribution in [0, 0.1) is 19.8 Å². The van der Waals surface area contributed by atoms with E-state index in [0.29, 0.717) is 23.1 Å². The summed E-state index contributed by atoms with van der Waals surface area (Å²) in [7, 11) is 0. The van der Waals surface area contributed by atoms with E-state index in [1.807, 2.05) is 74.7 Å². The van der Waals surface area contributed by atoms with Crippen LogP contribution in [-0.2, 0) is 11.3 Å². The molecule has 0 saturated carbocycles. The molecule has 0 aliphatic rings. The molecule has 0 bridgehead atoms. The van der Waals surface area contributed by atoms with E-state index in [1.165, 1.54) is 11.8 Å². The van der Waals surface area contributed by atoms with Gasteiger partial charge in [0.05, 0.1) is 11.8 Å². The van der Waals surface area contributed by atoms with Crippen LogP contribution < -0.4 is 10.6 Å². The van der Waals surface area contributed by atoms with Crippen LogP contribution in [0.3, 0.4) is 0 Å². The zero-order chi connectivity index (χ0) is 25.5. The number of rotatable bonds is 10. The molecule has 35 heavy (non-hydrogen) atoms. The van der Waals surface area contributed by atoms with E-state index in [-0.39, 0.29) is 29.5 Å². The zero-order valence-corrected chi connectivity index (χ0v) is 22.7. The van der Waals surface area contributed by atoms with Gasteiger partial charge in [-0.15, -0.1) is 16.8 Å². The van der Waals surface area contributed by atoms with Crippen molar-refractivity contribution in [2.45, 2.75) is 45.4 Å². The third-order valence-electron chi connectivity index (χ3n) is 5.40. The molecule has 0 radical (unpaired) electrons. The predicted octanol–water partition coefficient (Wildman–Crippen LogP) is 5.70. The maximum Gasteiger partial charge on any atom is 0.251 e. The topological polar surface area (TPSA) is 88.9 Å². The predicted molar refractivity (Wildman–Crippen MR) is 145 cm³/mol. The maximum absolute atomic E-state index is 12.9. The summed E-state index contributed by atoms with van der Waals surface area (Å²) in [4.78, 5) is 25.5. The van der Waals surface area contributed by atoms with E-state index in [0.717, 1.165) is 21.3 Å². The van der Waals surface area contributed by atoms with Gasteiger partial charge in [0, 0.05) is 22.3 Å². The van der Waals surface area contributed by atoms with Gasteiger partial charge in [-0.2, -0.15) is 0 Å². The average Bonchev–Trinajstić information content (AvgIpc) is 3.20. The summed E-state index contributed by atoms with van der Waals surface area (Å²) < 4.78 is 2.86. The number of aryl methyl sites for hydroxylation is 2. The summed E-state index contributed by atoms with van der Waals surface area (Å²) in [5, 5.41) is 15.4. The van der Waals surface area contributed by atoms with Crippen molar-refractivity contribution < 1.29 is 9.59 Å². The normalized spacial score (nSPS) is 11.8. The fourth-order valence-electron chi connectivity index (χ4n) is 3.48. The number of carbonyl (C=O) groups excluding carboxylic acids is 2. The molecule has 2 amide bonds. The van der Waals surface area contributed by atoms with Crippen LogP contribution >= 0.6 is 27.7 Å². The van der Waals surface area contributed by atoms with Crippen LogP contribution in [-0.4, -0.2) is 32.3 Å². The smallest absolute Gasteiger partial charge is 0.251 e. The minimum Gasteiger partial charge on any atom is -0.342 e. The second-order valence-corrected chi connectivity index (χ2v) is 10.5. The van der Waals surface area contributed by atoms with Gasteiger partial charge in [0.15, 0.2) is 11.0 Å². The van der Waals surface area contributed by atoms with Gasteiger partial charge in [-0.3, -0.25) is 9.59 Å². The molecule has 1 atom stereocenters. The highest BCUT2D eigenvalue weighted by molar-refractivity contribution is 9.10. The number of anilines is 1. The molecule has 0 unspecified atom stereocenters. The molecule has 9 heteroatoms. The van der Waals surface area contributed by atoms with E-state index in [2.05, 4.69) is 43.3 Å². The Hall–Kier alpha value is -2.91. The lowest BCUT2D eigenvalue weighted by Gasteiger charge is -2.22. The van der Waals surface area contributed by atoms with Crippen molar-refractivity contribution in [1.82, 2.24) is 20.1 Å². The first-order valence-corrected chi connectivity index (χ1v) is 13.1. The van der Waals surface area contributed by atoms with Crippen LogP contribution in [0.4, 0.5) is 5.69 Å². The molecule has 7 nitrogen and oxygen atoms in total. The SMILES string of the molecule is C=CCn1c(SCC(=O)Nc2ccc(Br)cc2C)nnc1[C@H](NC(=O)c1ccc(C)cc1)C(C)C. The first kappa shape index (κ1) is 26.7. The molecule has 0 spiro atoms. The molecule has 0 saturated heterocycles. The third kappa shape index (κ3) is 7.05. The number of thioether (sulfide) groups is 1. The molecule has 184 valence electrons. The lowest BCUT2D eigenvalue weighted by Crippen LogP contribution is -2.33. The lowest BCUT2D eigenvalue weighted by atomic mass is 10.0. The third-order valence-corrected chi connectivity index (χ3v) is 6.86. The lowest BCUT2D eigenvalue weighted by molar-refractivity contribution is -0.113. The zero-order valence-electron chi connectivity index (χ0n) is 20.3. The Bertz CT molecular complexity index is 1210. The summed E-state index contributed by atoms with van der Waals surface area (Å²) in [6.07, 6.45) is 1.75. The van der Waals surface area contributed by atoms with Gasteiger partial charge in [0.1, 0.15) is 0 Å². The van der Waals surface area contributed by atoms with E-state index >= 15 is 0 Å². The quantitative estimate of drug-likeness (QED) is 0.247. The largest absolute Gasteiger partial charge is 0.342 e. The number of nitrogens with one attached hydrogen (secondary N) is 2. The number of halogens is 1. The second kappa shape index (κ2) is 12.2. The minimum absolute atomic E-state index is 0.0682. The minimum atomic E-state index is -0.357. The fraction of sp³-hybridized carbons (Fsp3) is 0.308. The van der Waals surface area contributed by atoms with Crippen LogP contribution in [0.1, 0.15) is 47.2 Å². The van der Waals surface area contributed by atoms with Crippen molar-refractivity contribution in [1.29, 1.82) is 0 Å². The molecule has 1 aromatic heterocycles. The van der Waals surface area contributed by atoms with Crippen molar-refractivity contribution in [3.8, 4) is 0 Å². The molecular weight excluding hydrogens is 526 g/mol. The Morgan fingerprint density at radius 3 is 2.49 bits per heavy atom. The highest BCUT2D eigenvalue weighted by Crippen LogP contribution is 2.26. The van der Waals surface area contributed by atoms with Crippen molar-refractivity contribution in [3.63, 3.8) is 0 Å².